The van der Waals surface area contributed by atoms with Gasteiger partial charge < -0.3 is 24.7 Å². The SMILES string of the molecule is CCCOc1ccccc1C1C(C#N)=C(N)Oc2cc(OC(=O)COc3cc(C)c(Cl)c(C)c3)ccc21. The number of fused-ring (bicyclic) bond motifs is 1. The number of benzene rings is 3. The molecule has 0 fully saturated rings. The zero-order valence-electron chi connectivity index (χ0n) is 20.8. The minimum Gasteiger partial charge on any atom is -0.493 e. The monoisotopic (exact) mass is 518 g/mol. The first kappa shape index (κ1) is 25.9. The molecule has 3 aromatic rings. The van der Waals surface area contributed by atoms with Crippen LogP contribution in [0, 0.1) is 25.2 Å². The Morgan fingerprint density at radius 1 is 1.05 bits per heavy atom. The van der Waals surface area contributed by atoms with Gasteiger partial charge in [0.2, 0.25) is 5.88 Å². The summed E-state index contributed by atoms with van der Waals surface area (Å²) in [5, 5.41) is 10.5. The van der Waals surface area contributed by atoms with E-state index in [0.29, 0.717) is 34.4 Å². The van der Waals surface area contributed by atoms with Gasteiger partial charge in [0, 0.05) is 22.2 Å². The molecule has 0 bridgehead atoms. The van der Waals surface area contributed by atoms with Crippen molar-refractivity contribution in [1.82, 2.24) is 0 Å². The summed E-state index contributed by atoms with van der Waals surface area (Å²) in [6.07, 6.45) is 0.845. The van der Waals surface area contributed by atoms with Crippen LogP contribution in [-0.2, 0) is 4.79 Å². The maximum absolute atomic E-state index is 12.5. The summed E-state index contributed by atoms with van der Waals surface area (Å²) in [7, 11) is 0. The lowest BCUT2D eigenvalue weighted by Crippen LogP contribution is -2.22. The molecular weight excluding hydrogens is 492 g/mol. The molecule has 0 spiro atoms. The van der Waals surface area contributed by atoms with E-state index in [4.69, 9.17) is 36.3 Å². The van der Waals surface area contributed by atoms with Gasteiger partial charge in [-0.25, -0.2) is 4.79 Å². The number of nitriles is 1. The number of nitrogens with zero attached hydrogens (tertiary/aromatic N) is 1. The number of rotatable bonds is 8. The third-order valence-electron chi connectivity index (χ3n) is 5.88. The van der Waals surface area contributed by atoms with E-state index >= 15 is 0 Å². The summed E-state index contributed by atoms with van der Waals surface area (Å²) in [5.74, 6) is 0.760. The average molecular weight is 519 g/mol. The van der Waals surface area contributed by atoms with Gasteiger partial charge in [-0.15, -0.1) is 0 Å². The third-order valence-corrected chi connectivity index (χ3v) is 6.48. The number of carbonyl (C=O) groups excluding carboxylic acids is 1. The number of nitrogens with two attached hydrogens (primary N) is 1. The Hall–Kier alpha value is -4.15. The molecule has 1 unspecified atom stereocenters. The molecule has 1 atom stereocenters. The van der Waals surface area contributed by atoms with Crippen molar-refractivity contribution in [3.8, 4) is 29.1 Å². The molecule has 4 rings (SSSR count). The number of esters is 1. The van der Waals surface area contributed by atoms with Gasteiger partial charge in [0.05, 0.1) is 12.5 Å². The standard InChI is InChI=1S/C29H27ClN2O5/c1-4-11-34-24-8-6-5-7-21(24)27-22-10-9-19(14-25(22)37-29(32)23(27)15-31)36-26(33)16-35-20-12-17(2)28(30)18(3)13-20/h5-10,12-14,27H,4,11,16,32H2,1-3H3. The molecule has 0 saturated heterocycles. The number of carbonyl (C=O) groups is 1. The van der Waals surface area contributed by atoms with Crippen molar-refractivity contribution in [2.75, 3.05) is 13.2 Å². The van der Waals surface area contributed by atoms with Crippen LogP contribution >= 0.6 is 11.6 Å². The van der Waals surface area contributed by atoms with Crippen molar-refractivity contribution in [1.29, 1.82) is 5.26 Å². The lowest BCUT2D eigenvalue weighted by molar-refractivity contribution is -0.136. The second-order valence-electron chi connectivity index (χ2n) is 8.64. The third kappa shape index (κ3) is 5.65. The van der Waals surface area contributed by atoms with Crippen molar-refractivity contribution in [3.63, 3.8) is 0 Å². The molecule has 0 saturated carbocycles. The maximum Gasteiger partial charge on any atom is 0.349 e. The fourth-order valence-electron chi connectivity index (χ4n) is 4.17. The summed E-state index contributed by atoms with van der Waals surface area (Å²) in [6.45, 7) is 6.01. The first-order valence-electron chi connectivity index (χ1n) is 11.9. The average Bonchev–Trinajstić information content (AvgIpc) is 2.88. The lowest BCUT2D eigenvalue weighted by atomic mass is 9.83. The highest BCUT2D eigenvalue weighted by Gasteiger charge is 2.33. The molecule has 1 aliphatic heterocycles. The highest BCUT2D eigenvalue weighted by molar-refractivity contribution is 6.32. The summed E-state index contributed by atoms with van der Waals surface area (Å²) < 4.78 is 22.8. The second-order valence-corrected chi connectivity index (χ2v) is 9.02. The lowest BCUT2D eigenvalue weighted by Gasteiger charge is -2.28. The highest BCUT2D eigenvalue weighted by Crippen LogP contribution is 2.45. The Morgan fingerprint density at radius 2 is 1.78 bits per heavy atom. The van der Waals surface area contributed by atoms with E-state index in [1.807, 2.05) is 45.0 Å². The van der Waals surface area contributed by atoms with E-state index in [0.717, 1.165) is 23.1 Å². The van der Waals surface area contributed by atoms with E-state index in [1.165, 1.54) is 0 Å². The molecular formula is C29H27ClN2O5. The zero-order valence-corrected chi connectivity index (χ0v) is 21.6. The molecule has 37 heavy (non-hydrogen) atoms. The molecule has 190 valence electrons. The molecule has 0 radical (unpaired) electrons. The van der Waals surface area contributed by atoms with E-state index in [-0.39, 0.29) is 23.8 Å². The van der Waals surface area contributed by atoms with Crippen molar-refractivity contribution in [2.45, 2.75) is 33.1 Å². The van der Waals surface area contributed by atoms with Crippen LogP contribution in [0.5, 0.6) is 23.0 Å². The summed E-state index contributed by atoms with van der Waals surface area (Å²) >= 11 is 6.19. The quantitative estimate of drug-likeness (QED) is 0.290. The van der Waals surface area contributed by atoms with Gasteiger partial charge in [0.25, 0.3) is 0 Å². The number of halogens is 1. The topological polar surface area (TPSA) is 104 Å². The van der Waals surface area contributed by atoms with Crippen LogP contribution in [0.15, 0.2) is 66.1 Å². The van der Waals surface area contributed by atoms with Gasteiger partial charge >= 0.3 is 5.97 Å². The van der Waals surface area contributed by atoms with E-state index in [2.05, 4.69) is 6.07 Å². The van der Waals surface area contributed by atoms with Crippen molar-refractivity contribution in [3.05, 3.63) is 93.3 Å². The van der Waals surface area contributed by atoms with E-state index in [1.54, 1.807) is 30.3 Å². The molecule has 3 aromatic carbocycles. The van der Waals surface area contributed by atoms with Crippen molar-refractivity contribution >= 4 is 17.6 Å². The number of aryl methyl sites for hydroxylation is 2. The summed E-state index contributed by atoms with van der Waals surface area (Å²) in [5.41, 5.74) is 9.64. The predicted molar refractivity (Wildman–Crippen MR) is 140 cm³/mol. The largest absolute Gasteiger partial charge is 0.493 e. The molecule has 8 heteroatoms. The van der Waals surface area contributed by atoms with Gasteiger partial charge in [0.15, 0.2) is 6.61 Å². The van der Waals surface area contributed by atoms with Crippen LogP contribution in [0.3, 0.4) is 0 Å². The van der Waals surface area contributed by atoms with E-state index in [9.17, 15) is 10.1 Å². The maximum atomic E-state index is 12.5. The van der Waals surface area contributed by atoms with E-state index < -0.39 is 11.9 Å². The van der Waals surface area contributed by atoms with Gasteiger partial charge in [-0.1, -0.05) is 42.8 Å². The van der Waals surface area contributed by atoms with Crippen LogP contribution in [0.2, 0.25) is 5.02 Å². The molecule has 7 nitrogen and oxygen atoms in total. The molecule has 0 amide bonds. The number of allylic oxidation sites excluding steroid dienone is 1. The Labute approximate surface area is 221 Å². The van der Waals surface area contributed by atoms with Gasteiger partial charge in [0.1, 0.15) is 34.6 Å². The zero-order chi connectivity index (χ0) is 26.5. The molecule has 1 heterocycles. The molecule has 0 aromatic heterocycles. The minimum atomic E-state index is -0.586. The van der Waals surface area contributed by atoms with Gasteiger partial charge in [-0.2, -0.15) is 5.26 Å². The molecule has 2 N–H and O–H groups in total. The Bertz CT molecular complexity index is 1390. The Balaban J connectivity index is 1.56. The van der Waals surface area contributed by atoms with Crippen LogP contribution in [0.25, 0.3) is 0 Å². The molecule has 1 aliphatic rings. The summed E-state index contributed by atoms with van der Waals surface area (Å²) in [4.78, 5) is 12.5. The van der Waals surface area contributed by atoms with Gasteiger partial charge in [-0.05, 0) is 55.7 Å². The fraction of sp³-hybridized carbons (Fsp3) is 0.241. The smallest absolute Gasteiger partial charge is 0.349 e. The Morgan fingerprint density at radius 3 is 2.49 bits per heavy atom. The number of para-hydroxylation sites is 1. The predicted octanol–water partition coefficient (Wildman–Crippen LogP) is 5.95. The molecule has 0 aliphatic carbocycles. The first-order chi connectivity index (χ1) is 17.8. The Kier molecular flexibility index (Phi) is 7.90. The normalized spacial score (nSPS) is 14.3. The highest BCUT2D eigenvalue weighted by atomic mass is 35.5. The van der Waals surface area contributed by atoms with Crippen LogP contribution in [0.4, 0.5) is 0 Å². The van der Waals surface area contributed by atoms with Gasteiger partial charge in [-0.3, -0.25) is 0 Å². The van der Waals surface area contributed by atoms with Crippen molar-refractivity contribution < 1.29 is 23.7 Å². The number of hydrogen-bond acceptors (Lipinski definition) is 7. The van der Waals surface area contributed by atoms with Crippen LogP contribution < -0.4 is 24.7 Å². The van der Waals surface area contributed by atoms with Crippen LogP contribution in [0.1, 0.15) is 41.5 Å². The number of hydrogen-bond donors (Lipinski definition) is 1. The fourth-order valence-corrected chi connectivity index (χ4v) is 4.28. The first-order valence-corrected chi connectivity index (χ1v) is 12.2. The number of ether oxygens (including phenoxy) is 4. The summed E-state index contributed by atoms with van der Waals surface area (Å²) in [6, 6.07) is 18.2. The second kappa shape index (κ2) is 11.3. The van der Waals surface area contributed by atoms with Crippen molar-refractivity contribution in [2.24, 2.45) is 5.73 Å². The minimum absolute atomic E-state index is 0.00872. The van der Waals surface area contributed by atoms with Crippen LogP contribution in [-0.4, -0.2) is 19.2 Å².